The number of carbonyl (C=O) groups excluding carboxylic acids is 2. The van der Waals surface area contributed by atoms with E-state index in [-0.39, 0.29) is 17.9 Å². The molecule has 0 aliphatic heterocycles. The Morgan fingerprint density at radius 2 is 1.16 bits per heavy atom. The zero-order chi connectivity index (χ0) is 25.8. The standard InChI is InChI=1S/C33H30O4/c1-3-31(34)36-26-18-14-24(15-19-26)33(25-16-20-27(21-17-25)37-32(35)4-2)22-29(23-10-6-5-7-11-23)28-12-8-9-13-30(28)33/h5-21,29H,3-4,22H2,1-2H3. The number of ether oxygens (including phenoxy) is 2. The van der Waals surface area contributed by atoms with Crippen molar-refractivity contribution in [2.75, 3.05) is 0 Å². The fraction of sp³-hybridized carbons (Fsp3) is 0.212. The zero-order valence-corrected chi connectivity index (χ0v) is 21.1. The summed E-state index contributed by atoms with van der Waals surface area (Å²) in [6, 6.07) is 35.0. The Morgan fingerprint density at radius 3 is 1.68 bits per heavy atom. The first-order valence-corrected chi connectivity index (χ1v) is 12.8. The molecule has 5 rings (SSSR count). The molecule has 1 atom stereocenters. The first kappa shape index (κ1) is 24.5. The Hall–Kier alpha value is -4.18. The molecule has 4 nitrogen and oxygen atoms in total. The fourth-order valence-electron chi connectivity index (χ4n) is 5.43. The summed E-state index contributed by atoms with van der Waals surface area (Å²) in [5, 5.41) is 0. The summed E-state index contributed by atoms with van der Waals surface area (Å²) in [5.41, 5.74) is 5.63. The van der Waals surface area contributed by atoms with Crippen LogP contribution in [0.25, 0.3) is 0 Å². The molecule has 186 valence electrons. The number of hydrogen-bond donors (Lipinski definition) is 0. The smallest absolute Gasteiger partial charge is 0.310 e. The summed E-state index contributed by atoms with van der Waals surface area (Å²) in [6.45, 7) is 3.57. The third kappa shape index (κ3) is 4.67. The van der Waals surface area contributed by atoms with E-state index in [1.807, 2.05) is 30.3 Å². The zero-order valence-electron chi connectivity index (χ0n) is 21.1. The van der Waals surface area contributed by atoms with Gasteiger partial charge in [-0.05, 0) is 58.5 Å². The first-order chi connectivity index (χ1) is 18.0. The second kappa shape index (κ2) is 10.4. The van der Waals surface area contributed by atoms with Crippen molar-refractivity contribution in [3.8, 4) is 11.5 Å². The molecule has 0 bridgehead atoms. The highest BCUT2D eigenvalue weighted by atomic mass is 16.5. The van der Waals surface area contributed by atoms with E-state index in [0.717, 1.165) is 17.5 Å². The van der Waals surface area contributed by atoms with Gasteiger partial charge < -0.3 is 9.47 Å². The lowest BCUT2D eigenvalue weighted by molar-refractivity contribution is -0.134. The Kier molecular flexibility index (Phi) is 6.91. The molecule has 4 aromatic carbocycles. The van der Waals surface area contributed by atoms with E-state index >= 15 is 0 Å². The monoisotopic (exact) mass is 490 g/mol. The van der Waals surface area contributed by atoms with Gasteiger partial charge in [0.1, 0.15) is 11.5 Å². The molecule has 0 heterocycles. The van der Waals surface area contributed by atoms with Crippen LogP contribution in [0, 0.1) is 0 Å². The quantitative estimate of drug-likeness (QED) is 0.203. The molecule has 1 unspecified atom stereocenters. The molecule has 1 aliphatic rings. The van der Waals surface area contributed by atoms with Crippen molar-refractivity contribution in [2.24, 2.45) is 0 Å². The maximum Gasteiger partial charge on any atom is 0.310 e. The topological polar surface area (TPSA) is 52.6 Å². The van der Waals surface area contributed by atoms with Gasteiger partial charge in [0.25, 0.3) is 0 Å². The van der Waals surface area contributed by atoms with Crippen molar-refractivity contribution in [2.45, 2.75) is 44.4 Å². The van der Waals surface area contributed by atoms with Crippen molar-refractivity contribution in [3.63, 3.8) is 0 Å². The van der Waals surface area contributed by atoms with E-state index in [9.17, 15) is 9.59 Å². The van der Waals surface area contributed by atoms with Gasteiger partial charge in [0.05, 0.1) is 0 Å². The SMILES string of the molecule is CCC(=O)Oc1ccc(C2(c3ccc(OC(=O)CC)cc3)CC(c3ccccc3)c3ccccc32)cc1. The number of hydrogen-bond acceptors (Lipinski definition) is 4. The van der Waals surface area contributed by atoms with Crippen molar-refractivity contribution >= 4 is 11.9 Å². The van der Waals surface area contributed by atoms with Crippen LogP contribution in [0.5, 0.6) is 11.5 Å². The second-order valence-corrected chi connectivity index (χ2v) is 9.36. The Labute approximate surface area is 217 Å². The van der Waals surface area contributed by atoms with E-state index < -0.39 is 5.41 Å². The van der Waals surface area contributed by atoms with Gasteiger partial charge in [-0.15, -0.1) is 0 Å². The van der Waals surface area contributed by atoms with Crippen LogP contribution < -0.4 is 9.47 Å². The largest absolute Gasteiger partial charge is 0.427 e. The lowest BCUT2D eigenvalue weighted by atomic mass is 9.69. The predicted octanol–water partition coefficient (Wildman–Crippen LogP) is 7.19. The van der Waals surface area contributed by atoms with Gasteiger partial charge in [-0.25, -0.2) is 0 Å². The summed E-state index contributed by atoms with van der Waals surface area (Å²) in [5.74, 6) is 0.787. The normalized spacial score (nSPS) is 15.6. The van der Waals surface area contributed by atoms with Gasteiger partial charge in [0.15, 0.2) is 0 Å². The Balaban J connectivity index is 1.65. The minimum atomic E-state index is -0.433. The molecular formula is C33H30O4. The van der Waals surface area contributed by atoms with Gasteiger partial charge in [-0.2, -0.15) is 0 Å². The van der Waals surface area contributed by atoms with Gasteiger partial charge in [-0.1, -0.05) is 92.7 Å². The van der Waals surface area contributed by atoms with Gasteiger partial charge >= 0.3 is 11.9 Å². The average molecular weight is 491 g/mol. The molecule has 0 spiro atoms. The van der Waals surface area contributed by atoms with Crippen molar-refractivity contribution in [1.82, 2.24) is 0 Å². The molecule has 4 heteroatoms. The number of benzene rings is 4. The third-order valence-electron chi connectivity index (χ3n) is 7.24. The van der Waals surface area contributed by atoms with E-state index in [0.29, 0.717) is 24.3 Å². The van der Waals surface area contributed by atoms with Crippen LogP contribution in [0.1, 0.15) is 66.8 Å². The average Bonchev–Trinajstić information content (AvgIpc) is 3.30. The molecule has 37 heavy (non-hydrogen) atoms. The van der Waals surface area contributed by atoms with E-state index in [4.69, 9.17) is 9.47 Å². The van der Waals surface area contributed by atoms with Crippen molar-refractivity contribution in [3.05, 3.63) is 131 Å². The summed E-state index contributed by atoms with van der Waals surface area (Å²) < 4.78 is 10.9. The van der Waals surface area contributed by atoms with Gasteiger partial charge in [0, 0.05) is 24.2 Å². The number of esters is 2. The summed E-state index contributed by atoms with van der Waals surface area (Å²) in [7, 11) is 0. The number of fused-ring (bicyclic) bond motifs is 1. The molecule has 4 aromatic rings. The van der Waals surface area contributed by atoms with Crippen LogP contribution in [-0.4, -0.2) is 11.9 Å². The molecule has 0 radical (unpaired) electrons. The Bertz CT molecular complexity index is 1330. The van der Waals surface area contributed by atoms with Crippen molar-refractivity contribution in [1.29, 1.82) is 0 Å². The summed E-state index contributed by atoms with van der Waals surface area (Å²) >= 11 is 0. The number of carbonyl (C=O) groups is 2. The molecule has 0 amide bonds. The van der Waals surface area contributed by atoms with Crippen LogP contribution in [0.3, 0.4) is 0 Å². The molecule has 0 aromatic heterocycles. The van der Waals surface area contributed by atoms with Crippen molar-refractivity contribution < 1.29 is 19.1 Å². The van der Waals surface area contributed by atoms with Gasteiger partial charge in [0.2, 0.25) is 0 Å². The molecule has 0 saturated heterocycles. The lowest BCUT2D eigenvalue weighted by Crippen LogP contribution is -2.27. The van der Waals surface area contributed by atoms with Crippen LogP contribution in [0.4, 0.5) is 0 Å². The predicted molar refractivity (Wildman–Crippen MR) is 144 cm³/mol. The highest BCUT2D eigenvalue weighted by molar-refractivity contribution is 5.72. The van der Waals surface area contributed by atoms with E-state index in [2.05, 4.69) is 72.8 Å². The maximum absolute atomic E-state index is 11.8. The summed E-state index contributed by atoms with van der Waals surface area (Å²) in [4.78, 5) is 23.7. The molecule has 0 saturated carbocycles. The van der Waals surface area contributed by atoms with E-state index in [1.165, 1.54) is 16.7 Å². The molecule has 1 aliphatic carbocycles. The lowest BCUT2D eigenvalue weighted by Gasteiger charge is -2.33. The molecule has 0 fully saturated rings. The fourth-order valence-corrected chi connectivity index (χ4v) is 5.43. The molecular weight excluding hydrogens is 460 g/mol. The minimum Gasteiger partial charge on any atom is -0.427 e. The van der Waals surface area contributed by atoms with Crippen LogP contribution in [0.2, 0.25) is 0 Å². The van der Waals surface area contributed by atoms with Crippen LogP contribution in [-0.2, 0) is 15.0 Å². The van der Waals surface area contributed by atoms with Crippen LogP contribution in [0.15, 0.2) is 103 Å². The second-order valence-electron chi connectivity index (χ2n) is 9.36. The van der Waals surface area contributed by atoms with Crippen LogP contribution >= 0.6 is 0 Å². The highest BCUT2D eigenvalue weighted by Crippen LogP contribution is 2.55. The summed E-state index contributed by atoms with van der Waals surface area (Å²) in [6.07, 6.45) is 1.50. The maximum atomic E-state index is 11.8. The van der Waals surface area contributed by atoms with E-state index in [1.54, 1.807) is 13.8 Å². The Morgan fingerprint density at radius 1 is 0.676 bits per heavy atom. The first-order valence-electron chi connectivity index (χ1n) is 12.8. The molecule has 0 N–H and O–H groups in total. The number of rotatable bonds is 7. The highest BCUT2D eigenvalue weighted by Gasteiger charge is 2.46. The van der Waals surface area contributed by atoms with Gasteiger partial charge in [-0.3, -0.25) is 9.59 Å². The third-order valence-corrected chi connectivity index (χ3v) is 7.24. The minimum absolute atomic E-state index is 0.215.